The quantitative estimate of drug-likeness (QED) is 0.660. The zero-order valence-electron chi connectivity index (χ0n) is 13.2. The Morgan fingerprint density at radius 3 is 2.64 bits per heavy atom. The fourth-order valence-electron chi connectivity index (χ4n) is 2.06. The van der Waals surface area contributed by atoms with E-state index in [0.29, 0.717) is 6.61 Å². The van der Waals surface area contributed by atoms with Gasteiger partial charge < -0.3 is 10.1 Å². The molecule has 0 saturated heterocycles. The van der Waals surface area contributed by atoms with Crippen LogP contribution in [0.15, 0.2) is 54.8 Å². The molecule has 3 heteroatoms. The second kappa shape index (κ2) is 7.46. The molecule has 0 bridgehead atoms. The van der Waals surface area contributed by atoms with Crippen molar-refractivity contribution in [2.24, 2.45) is 0 Å². The van der Waals surface area contributed by atoms with Crippen LogP contribution in [0.2, 0.25) is 0 Å². The molecule has 2 aromatic carbocycles. The summed E-state index contributed by atoms with van der Waals surface area (Å²) in [6.45, 7) is 6.55. The topological polar surface area (TPSA) is 38.3 Å². The van der Waals surface area contributed by atoms with E-state index in [0.717, 1.165) is 16.8 Å². The largest absolute Gasteiger partial charge is 0.496 e. The number of carbonyl (C=O) groups excluding carboxylic acids is 1. The molecule has 0 aliphatic rings. The minimum absolute atomic E-state index is 0.201. The van der Waals surface area contributed by atoms with E-state index in [1.807, 2.05) is 57.2 Å². The van der Waals surface area contributed by atoms with Gasteiger partial charge in [-0.15, -0.1) is 0 Å². The lowest BCUT2D eigenvalue weighted by Crippen LogP contribution is -2.08. The molecule has 0 unspecified atom stereocenters. The molecule has 0 radical (unpaired) electrons. The first-order valence-electron chi connectivity index (χ1n) is 7.26. The van der Waals surface area contributed by atoms with E-state index in [9.17, 15) is 4.79 Å². The first-order valence-corrected chi connectivity index (χ1v) is 7.26. The van der Waals surface area contributed by atoms with Crippen molar-refractivity contribution in [3.8, 4) is 0 Å². The van der Waals surface area contributed by atoms with Crippen molar-refractivity contribution in [2.75, 3.05) is 5.32 Å². The Balaban J connectivity index is 1.82. The van der Waals surface area contributed by atoms with Gasteiger partial charge in [0.25, 0.3) is 5.91 Å². The summed E-state index contributed by atoms with van der Waals surface area (Å²) >= 11 is 0. The number of carbonyl (C=O) groups is 1. The van der Waals surface area contributed by atoms with Crippen LogP contribution in [0.1, 0.15) is 22.3 Å². The number of nitrogens with one attached hydrogen (secondary N) is 1. The molecule has 2 rings (SSSR count). The first kappa shape index (κ1) is 15.8. The van der Waals surface area contributed by atoms with Gasteiger partial charge in [0.05, 0.1) is 6.26 Å². The number of amides is 1. The van der Waals surface area contributed by atoms with E-state index in [1.54, 1.807) is 0 Å². The van der Waals surface area contributed by atoms with Crippen LogP contribution in [0.25, 0.3) is 0 Å². The van der Waals surface area contributed by atoms with Crippen LogP contribution >= 0.6 is 0 Å². The van der Waals surface area contributed by atoms with E-state index < -0.39 is 0 Å². The van der Waals surface area contributed by atoms with E-state index in [1.165, 1.54) is 23.5 Å². The minimum Gasteiger partial charge on any atom is -0.496 e. The van der Waals surface area contributed by atoms with Crippen molar-refractivity contribution in [3.05, 3.63) is 77.1 Å². The molecule has 1 N–H and O–H groups in total. The minimum atomic E-state index is -0.201. The summed E-state index contributed by atoms with van der Waals surface area (Å²) in [4.78, 5) is 11.8. The third kappa shape index (κ3) is 4.77. The fraction of sp³-hybridized carbons (Fsp3) is 0.211. The maximum absolute atomic E-state index is 11.8. The number of hydrogen-bond donors (Lipinski definition) is 1. The summed E-state index contributed by atoms with van der Waals surface area (Å²) in [6.07, 6.45) is 2.82. The van der Waals surface area contributed by atoms with Crippen LogP contribution in [0.3, 0.4) is 0 Å². The third-order valence-electron chi connectivity index (χ3n) is 3.42. The van der Waals surface area contributed by atoms with Gasteiger partial charge in [0.15, 0.2) is 0 Å². The molecular weight excluding hydrogens is 274 g/mol. The number of benzene rings is 2. The van der Waals surface area contributed by atoms with Crippen LogP contribution in [0.5, 0.6) is 0 Å². The number of hydrogen-bond acceptors (Lipinski definition) is 2. The summed E-state index contributed by atoms with van der Waals surface area (Å²) in [5, 5.41) is 2.81. The normalized spacial score (nSPS) is 10.7. The SMILES string of the molecule is Cc1cccc(COC=CC(=O)Nc2ccc(C)c(C)c2)c1. The van der Waals surface area contributed by atoms with E-state index >= 15 is 0 Å². The van der Waals surface area contributed by atoms with E-state index in [2.05, 4.69) is 11.4 Å². The van der Waals surface area contributed by atoms with Crippen LogP contribution in [0.4, 0.5) is 5.69 Å². The zero-order valence-corrected chi connectivity index (χ0v) is 13.2. The van der Waals surface area contributed by atoms with Crippen molar-refractivity contribution < 1.29 is 9.53 Å². The molecule has 3 nitrogen and oxygen atoms in total. The van der Waals surface area contributed by atoms with Gasteiger partial charge in [-0.1, -0.05) is 35.9 Å². The summed E-state index contributed by atoms with van der Waals surface area (Å²) in [5.74, 6) is -0.201. The predicted molar refractivity (Wildman–Crippen MR) is 89.7 cm³/mol. The second-order valence-electron chi connectivity index (χ2n) is 5.39. The summed E-state index contributed by atoms with van der Waals surface area (Å²) in [6, 6.07) is 13.9. The first-order chi connectivity index (χ1) is 10.5. The lowest BCUT2D eigenvalue weighted by atomic mass is 10.1. The molecule has 0 spiro atoms. The highest BCUT2D eigenvalue weighted by atomic mass is 16.5. The van der Waals surface area contributed by atoms with Crippen molar-refractivity contribution in [1.29, 1.82) is 0 Å². The Hall–Kier alpha value is -2.55. The van der Waals surface area contributed by atoms with Gasteiger partial charge in [-0.2, -0.15) is 0 Å². The van der Waals surface area contributed by atoms with Gasteiger partial charge in [-0.05, 0) is 49.6 Å². The maximum atomic E-state index is 11.8. The zero-order chi connectivity index (χ0) is 15.9. The van der Waals surface area contributed by atoms with Gasteiger partial charge in [0.2, 0.25) is 0 Å². The highest BCUT2D eigenvalue weighted by molar-refractivity contribution is 5.99. The molecule has 0 aliphatic heterocycles. The van der Waals surface area contributed by atoms with Crippen molar-refractivity contribution in [1.82, 2.24) is 0 Å². The molecule has 0 fully saturated rings. The Labute approximate surface area is 131 Å². The Bertz CT molecular complexity index is 690. The average Bonchev–Trinajstić information content (AvgIpc) is 2.48. The van der Waals surface area contributed by atoms with Crippen molar-refractivity contribution in [3.63, 3.8) is 0 Å². The molecule has 1 amide bonds. The van der Waals surface area contributed by atoms with Crippen molar-refractivity contribution in [2.45, 2.75) is 27.4 Å². The molecule has 0 atom stereocenters. The Morgan fingerprint density at radius 1 is 1.09 bits per heavy atom. The highest BCUT2D eigenvalue weighted by Crippen LogP contribution is 2.14. The fourth-order valence-corrected chi connectivity index (χ4v) is 2.06. The van der Waals surface area contributed by atoms with Gasteiger partial charge in [0, 0.05) is 11.8 Å². The van der Waals surface area contributed by atoms with Crippen molar-refractivity contribution >= 4 is 11.6 Å². The molecule has 114 valence electrons. The van der Waals surface area contributed by atoms with Crippen LogP contribution in [0, 0.1) is 20.8 Å². The molecule has 0 aliphatic carbocycles. The number of anilines is 1. The Kier molecular flexibility index (Phi) is 5.37. The van der Waals surface area contributed by atoms with Crippen LogP contribution in [-0.4, -0.2) is 5.91 Å². The number of ether oxygens (including phenoxy) is 1. The number of aryl methyl sites for hydroxylation is 3. The second-order valence-corrected chi connectivity index (χ2v) is 5.39. The predicted octanol–water partition coefficient (Wildman–Crippen LogP) is 4.28. The standard InChI is InChI=1S/C19H21NO2/c1-14-5-4-6-17(11-14)13-22-10-9-19(21)20-18-8-7-15(2)16(3)12-18/h4-12H,13H2,1-3H3,(H,20,21). The monoisotopic (exact) mass is 295 g/mol. The Morgan fingerprint density at radius 2 is 1.91 bits per heavy atom. The molecular formula is C19H21NO2. The molecule has 0 saturated carbocycles. The summed E-state index contributed by atoms with van der Waals surface area (Å²) in [7, 11) is 0. The molecule has 2 aromatic rings. The van der Waals surface area contributed by atoms with Gasteiger partial charge in [0.1, 0.15) is 6.61 Å². The third-order valence-corrected chi connectivity index (χ3v) is 3.42. The van der Waals surface area contributed by atoms with Crippen LogP contribution < -0.4 is 5.32 Å². The molecule has 22 heavy (non-hydrogen) atoms. The van der Waals surface area contributed by atoms with Gasteiger partial charge in [-0.25, -0.2) is 0 Å². The molecule has 0 heterocycles. The lowest BCUT2D eigenvalue weighted by molar-refractivity contribution is -0.112. The van der Waals surface area contributed by atoms with Crippen LogP contribution in [-0.2, 0) is 16.1 Å². The maximum Gasteiger partial charge on any atom is 0.251 e. The van der Waals surface area contributed by atoms with E-state index in [-0.39, 0.29) is 5.91 Å². The smallest absolute Gasteiger partial charge is 0.251 e. The van der Waals surface area contributed by atoms with Gasteiger partial charge in [-0.3, -0.25) is 4.79 Å². The van der Waals surface area contributed by atoms with Gasteiger partial charge >= 0.3 is 0 Å². The highest BCUT2D eigenvalue weighted by Gasteiger charge is 2.00. The molecule has 0 aromatic heterocycles. The number of rotatable bonds is 5. The summed E-state index contributed by atoms with van der Waals surface area (Å²) < 4.78 is 5.38. The lowest BCUT2D eigenvalue weighted by Gasteiger charge is -2.06. The average molecular weight is 295 g/mol. The summed E-state index contributed by atoms with van der Waals surface area (Å²) in [5.41, 5.74) is 5.42. The van der Waals surface area contributed by atoms with E-state index in [4.69, 9.17) is 4.74 Å².